The second-order valence-corrected chi connectivity index (χ2v) is 5.33. The number of carbonyl (C=O) groups is 1. The van der Waals surface area contributed by atoms with Crippen LogP contribution in [0.5, 0.6) is 11.5 Å². The maximum atomic E-state index is 12.3. The van der Waals surface area contributed by atoms with E-state index in [9.17, 15) is 4.79 Å². The zero-order valence-electron chi connectivity index (χ0n) is 14.6. The van der Waals surface area contributed by atoms with Gasteiger partial charge < -0.3 is 20.0 Å². The van der Waals surface area contributed by atoms with Crippen molar-refractivity contribution in [3.8, 4) is 11.5 Å². The van der Waals surface area contributed by atoms with Gasteiger partial charge in [-0.3, -0.25) is 0 Å². The molecule has 0 radical (unpaired) electrons. The zero-order chi connectivity index (χ0) is 18.2. The average Bonchev–Trinajstić information content (AvgIpc) is 2.66. The first-order valence-electron chi connectivity index (χ1n) is 7.92. The summed E-state index contributed by atoms with van der Waals surface area (Å²) in [7, 11) is 3.08. The summed E-state index contributed by atoms with van der Waals surface area (Å²) >= 11 is 0. The summed E-state index contributed by atoms with van der Waals surface area (Å²) < 4.78 is 10.4. The molecule has 0 heterocycles. The Morgan fingerprint density at radius 1 is 1.08 bits per heavy atom. The fraction of sp³-hybridized carbons (Fsp3) is 0.263. The van der Waals surface area contributed by atoms with Crippen molar-refractivity contribution in [3.63, 3.8) is 0 Å². The van der Waals surface area contributed by atoms with Crippen molar-refractivity contribution in [2.45, 2.75) is 19.3 Å². The molecule has 0 aliphatic heterocycles. The summed E-state index contributed by atoms with van der Waals surface area (Å²) in [6.07, 6.45) is 0.606. The number of oxime groups is 1. The molecule has 2 N–H and O–H groups in total. The Labute approximate surface area is 147 Å². The van der Waals surface area contributed by atoms with Gasteiger partial charge in [0, 0.05) is 5.56 Å². The van der Waals surface area contributed by atoms with Crippen LogP contribution in [0.2, 0.25) is 0 Å². The van der Waals surface area contributed by atoms with Crippen molar-refractivity contribution in [3.05, 3.63) is 59.7 Å². The smallest absolute Gasteiger partial charge is 0.342 e. The predicted octanol–water partition coefficient (Wildman–Crippen LogP) is 3.06. The minimum Gasteiger partial charge on any atom is -0.493 e. The van der Waals surface area contributed by atoms with Crippen LogP contribution in [0.25, 0.3) is 0 Å². The van der Waals surface area contributed by atoms with Crippen LogP contribution in [0, 0.1) is 0 Å². The first-order valence-corrected chi connectivity index (χ1v) is 7.92. The van der Waals surface area contributed by atoms with E-state index in [1.807, 2.05) is 37.3 Å². The van der Waals surface area contributed by atoms with Crippen LogP contribution in [0.1, 0.15) is 30.4 Å². The van der Waals surface area contributed by atoms with Crippen molar-refractivity contribution in [1.29, 1.82) is 0 Å². The number of rotatable bonds is 7. The highest BCUT2D eigenvalue weighted by atomic mass is 16.7. The Kier molecular flexibility index (Phi) is 6.39. The molecule has 0 bridgehead atoms. The van der Waals surface area contributed by atoms with E-state index in [2.05, 4.69) is 5.16 Å². The summed E-state index contributed by atoms with van der Waals surface area (Å²) in [6, 6.07) is 14.5. The monoisotopic (exact) mass is 342 g/mol. The zero-order valence-corrected chi connectivity index (χ0v) is 14.6. The number of benzene rings is 2. The van der Waals surface area contributed by atoms with Gasteiger partial charge in [-0.15, -0.1) is 0 Å². The van der Waals surface area contributed by atoms with Gasteiger partial charge in [0.25, 0.3) is 0 Å². The lowest BCUT2D eigenvalue weighted by Crippen LogP contribution is -2.18. The van der Waals surface area contributed by atoms with E-state index in [0.717, 1.165) is 5.56 Å². The van der Waals surface area contributed by atoms with E-state index >= 15 is 0 Å². The molecule has 6 heteroatoms. The van der Waals surface area contributed by atoms with E-state index in [1.54, 1.807) is 25.3 Å². The molecular weight excluding hydrogens is 320 g/mol. The fourth-order valence-electron chi connectivity index (χ4n) is 2.43. The molecule has 0 saturated heterocycles. The summed E-state index contributed by atoms with van der Waals surface area (Å²) in [6.45, 7) is 1.92. The molecule has 2 rings (SSSR count). The van der Waals surface area contributed by atoms with Gasteiger partial charge in [0.1, 0.15) is 0 Å². The maximum absolute atomic E-state index is 12.3. The SMILES string of the molecule is CCC(C(=O)O/N=C(\N)c1ccc(OC)c(OC)c1)c1ccccc1. The highest BCUT2D eigenvalue weighted by Gasteiger charge is 2.20. The normalized spacial score (nSPS) is 12.4. The Hall–Kier alpha value is -3.02. The molecule has 0 aromatic heterocycles. The highest BCUT2D eigenvalue weighted by molar-refractivity contribution is 5.98. The minimum atomic E-state index is -0.447. The van der Waals surface area contributed by atoms with Gasteiger partial charge in [-0.05, 0) is 30.2 Å². The largest absolute Gasteiger partial charge is 0.493 e. The number of hydrogen-bond donors (Lipinski definition) is 1. The lowest BCUT2D eigenvalue weighted by atomic mass is 9.97. The Morgan fingerprint density at radius 3 is 2.36 bits per heavy atom. The van der Waals surface area contributed by atoms with E-state index in [4.69, 9.17) is 20.0 Å². The molecule has 132 valence electrons. The van der Waals surface area contributed by atoms with Crippen LogP contribution in [0.15, 0.2) is 53.7 Å². The minimum absolute atomic E-state index is 0.0808. The summed E-state index contributed by atoms with van der Waals surface area (Å²) in [5, 5.41) is 3.77. The van der Waals surface area contributed by atoms with Crippen molar-refractivity contribution < 1.29 is 19.1 Å². The van der Waals surface area contributed by atoms with Crippen molar-refractivity contribution in [2.24, 2.45) is 10.9 Å². The van der Waals surface area contributed by atoms with E-state index in [-0.39, 0.29) is 11.8 Å². The first-order chi connectivity index (χ1) is 12.1. The van der Waals surface area contributed by atoms with Crippen LogP contribution < -0.4 is 15.2 Å². The number of amidine groups is 1. The summed E-state index contributed by atoms with van der Waals surface area (Å²) in [5.74, 6) is 0.337. The molecular formula is C19H22N2O4. The standard InChI is InChI=1S/C19H22N2O4/c1-4-15(13-8-6-5-7-9-13)19(22)25-21-18(20)14-10-11-16(23-2)17(12-14)24-3/h5-12,15H,4H2,1-3H3,(H2,20,21). The van der Waals surface area contributed by atoms with Crippen molar-refractivity contribution >= 4 is 11.8 Å². The second kappa shape index (κ2) is 8.73. The topological polar surface area (TPSA) is 83.1 Å². The summed E-state index contributed by atoms with van der Waals surface area (Å²) in [4.78, 5) is 17.4. The van der Waals surface area contributed by atoms with Crippen molar-refractivity contribution in [2.75, 3.05) is 14.2 Å². The van der Waals surface area contributed by atoms with Gasteiger partial charge in [0.15, 0.2) is 17.3 Å². The number of nitrogens with zero attached hydrogens (tertiary/aromatic N) is 1. The van der Waals surface area contributed by atoms with Crippen LogP contribution in [-0.4, -0.2) is 26.0 Å². The van der Waals surface area contributed by atoms with Gasteiger partial charge in [-0.2, -0.15) is 0 Å². The third-order valence-electron chi connectivity index (χ3n) is 3.81. The molecule has 1 atom stereocenters. The van der Waals surface area contributed by atoms with Crippen LogP contribution in [-0.2, 0) is 9.63 Å². The Bertz CT molecular complexity index is 744. The van der Waals surface area contributed by atoms with E-state index < -0.39 is 5.97 Å². The van der Waals surface area contributed by atoms with Gasteiger partial charge in [0.2, 0.25) is 0 Å². The molecule has 2 aromatic carbocycles. The number of carbonyl (C=O) groups excluding carboxylic acids is 1. The van der Waals surface area contributed by atoms with E-state index in [1.165, 1.54) is 7.11 Å². The van der Waals surface area contributed by atoms with Crippen LogP contribution in [0.3, 0.4) is 0 Å². The average molecular weight is 342 g/mol. The van der Waals surface area contributed by atoms with Gasteiger partial charge >= 0.3 is 5.97 Å². The van der Waals surface area contributed by atoms with Gasteiger partial charge in [-0.25, -0.2) is 4.79 Å². The number of nitrogens with two attached hydrogens (primary N) is 1. The molecule has 25 heavy (non-hydrogen) atoms. The molecule has 0 amide bonds. The first kappa shape index (κ1) is 18.3. The number of ether oxygens (including phenoxy) is 2. The molecule has 2 aromatic rings. The third-order valence-corrected chi connectivity index (χ3v) is 3.81. The van der Waals surface area contributed by atoms with Gasteiger partial charge in [0.05, 0.1) is 20.1 Å². The fourth-order valence-corrected chi connectivity index (χ4v) is 2.43. The molecule has 0 aliphatic rings. The van der Waals surface area contributed by atoms with Gasteiger partial charge in [-0.1, -0.05) is 42.4 Å². The third kappa shape index (κ3) is 4.50. The maximum Gasteiger partial charge on any atom is 0.342 e. The molecule has 6 nitrogen and oxygen atoms in total. The van der Waals surface area contributed by atoms with Crippen molar-refractivity contribution in [1.82, 2.24) is 0 Å². The molecule has 0 spiro atoms. The highest BCUT2D eigenvalue weighted by Crippen LogP contribution is 2.27. The predicted molar refractivity (Wildman–Crippen MR) is 95.8 cm³/mol. The molecule has 0 aliphatic carbocycles. The summed E-state index contributed by atoms with van der Waals surface area (Å²) in [5.41, 5.74) is 7.37. The second-order valence-electron chi connectivity index (χ2n) is 5.33. The lowest BCUT2D eigenvalue weighted by Gasteiger charge is -2.12. The molecule has 1 unspecified atom stereocenters. The molecule has 0 fully saturated rings. The van der Waals surface area contributed by atoms with Crippen LogP contribution >= 0.6 is 0 Å². The number of hydrogen-bond acceptors (Lipinski definition) is 5. The quantitative estimate of drug-likeness (QED) is 0.362. The molecule has 0 saturated carbocycles. The lowest BCUT2D eigenvalue weighted by molar-refractivity contribution is -0.145. The number of methoxy groups -OCH3 is 2. The Morgan fingerprint density at radius 2 is 1.76 bits per heavy atom. The Balaban J connectivity index is 2.13. The van der Waals surface area contributed by atoms with E-state index in [0.29, 0.717) is 23.5 Å². The van der Waals surface area contributed by atoms with Crippen LogP contribution in [0.4, 0.5) is 0 Å².